The van der Waals surface area contributed by atoms with Gasteiger partial charge in [-0.05, 0) is 12.8 Å². The highest BCUT2D eigenvalue weighted by molar-refractivity contribution is 7.07. The van der Waals surface area contributed by atoms with Crippen molar-refractivity contribution >= 4 is 11.5 Å². The molecule has 1 atom stereocenters. The van der Waals surface area contributed by atoms with Crippen molar-refractivity contribution in [3.05, 3.63) is 5.82 Å². The van der Waals surface area contributed by atoms with E-state index >= 15 is 0 Å². The largest absolute Gasteiger partial charge is 0.465 e. The molecule has 1 heterocycles. The molecule has 1 fully saturated rings. The summed E-state index contributed by atoms with van der Waals surface area (Å²) >= 11 is 1.14. The highest BCUT2D eigenvalue weighted by Crippen LogP contribution is 2.35. The Bertz CT molecular complexity index is 381. The topological polar surface area (TPSA) is 35.0 Å². The van der Waals surface area contributed by atoms with Gasteiger partial charge in [0, 0.05) is 30.3 Å². The molecule has 0 amide bonds. The minimum absolute atomic E-state index is 0.0276. The zero-order chi connectivity index (χ0) is 12.5. The maximum atomic E-state index is 13.2. The van der Waals surface area contributed by atoms with Crippen LogP contribution in [0.2, 0.25) is 0 Å². The number of hydrogen-bond donors (Lipinski definition) is 0. The predicted octanol–water partition coefficient (Wildman–Crippen LogP) is 3.62. The van der Waals surface area contributed by atoms with Crippen LogP contribution in [0.15, 0.2) is 0 Å². The van der Waals surface area contributed by atoms with Crippen LogP contribution in [0, 0.1) is 0 Å². The van der Waals surface area contributed by atoms with E-state index in [9.17, 15) is 8.78 Å². The number of aromatic nitrogens is 2. The van der Waals surface area contributed by atoms with E-state index in [0.717, 1.165) is 11.5 Å². The van der Waals surface area contributed by atoms with Gasteiger partial charge in [-0.2, -0.15) is 9.36 Å². The fourth-order valence-corrected chi connectivity index (χ4v) is 2.61. The van der Waals surface area contributed by atoms with Crippen LogP contribution in [0.25, 0.3) is 0 Å². The highest BCUT2D eigenvalue weighted by Gasteiger charge is 2.37. The maximum absolute atomic E-state index is 13.2. The van der Waals surface area contributed by atoms with Crippen LogP contribution in [0.4, 0.5) is 8.78 Å². The lowest BCUT2D eigenvalue weighted by Gasteiger charge is -2.28. The lowest BCUT2D eigenvalue weighted by atomic mass is 9.94. The van der Waals surface area contributed by atoms with E-state index in [1.54, 1.807) is 0 Å². The van der Waals surface area contributed by atoms with Crippen molar-refractivity contribution in [2.24, 2.45) is 0 Å². The van der Waals surface area contributed by atoms with Crippen molar-refractivity contribution in [1.29, 1.82) is 0 Å². The summed E-state index contributed by atoms with van der Waals surface area (Å²) in [6.45, 7) is 3.97. The van der Waals surface area contributed by atoms with Gasteiger partial charge in [-0.3, -0.25) is 0 Å². The second-order valence-corrected chi connectivity index (χ2v) is 5.48. The Morgan fingerprint density at radius 2 is 2.24 bits per heavy atom. The van der Waals surface area contributed by atoms with Crippen molar-refractivity contribution in [3.63, 3.8) is 0 Å². The third-order valence-corrected chi connectivity index (χ3v) is 3.42. The fourth-order valence-electron chi connectivity index (χ4n) is 1.87. The zero-order valence-electron chi connectivity index (χ0n) is 9.95. The maximum Gasteiger partial charge on any atom is 0.293 e. The molecule has 1 aliphatic carbocycles. The van der Waals surface area contributed by atoms with Gasteiger partial charge in [0.25, 0.3) is 11.1 Å². The van der Waals surface area contributed by atoms with Crippen LogP contribution in [-0.2, 0) is 0 Å². The number of rotatable bonds is 3. The number of hydrogen-bond acceptors (Lipinski definition) is 4. The zero-order valence-corrected chi connectivity index (χ0v) is 10.8. The molecule has 0 aromatic carbocycles. The van der Waals surface area contributed by atoms with Crippen molar-refractivity contribution in [2.75, 3.05) is 0 Å². The summed E-state index contributed by atoms with van der Waals surface area (Å²) in [7, 11) is 0. The summed E-state index contributed by atoms with van der Waals surface area (Å²) in [5, 5.41) is 0.413. The van der Waals surface area contributed by atoms with E-state index in [0.29, 0.717) is 23.9 Å². The standard InChI is InChI=1S/C11H16F2N2OS/c1-7(2)9-14-10(17-15-9)16-8-4-3-5-11(12,13)6-8/h7-8H,3-6H2,1-2H3/t8-/m0/s1. The first kappa shape index (κ1) is 12.7. The lowest BCUT2D eigenvalue weighted by molar-refractivity contribution is -0.0696. The molecule has 1 aromatic rings. The second kappa shape index (κ2) is 4.84. The van der Waals surface area contributed by atoms with Gasteiger partial charge in [0.05, 0.1) is 0 Å². The molecule has 0 saturated heterocycles. The number of ether oxygens (including phenoxy) is 1. The van der Waals surface area contributed by atoms with E-state index in [4.69, 9.17) is 4.74 Å². The summed E-state index contributed by atoms with van der Waals surface area (Å²) < 4.78 is 36.0. The molecular formula is C11H16F2N2OS. The van der Waals surface area contributed by atoms with Gasteiger partial charge in [0.2, 0.25) is 0 Å². The molecule has 1 aliphatic rings. The molecule has 17 heavy (non-hydrogen) atoms. The van der Waals surface area contributed by atoms with Gasteiger partial charge >= 0.3 is 0 Å². The van der Waals surface area contributed by atoms with Crippen molar-refractivity contribution < 1.29 is 13.5 Å². The Morgan fingerprint density at radius 1 is 1.47 bits per heavy atom. The van der Waals surface area contributed by atoms with Crippen LogP contribution < -0.4 is 4.74 Å². The highest BCUT2D eigenvalue weighted by atomic mass is 32.1. The molecule has 1 saturated carbocycles. The molecule has 2 rings (SSSR count). The SMILES string of the molecule is CC(C)c1nsc(O[C@H]2CCCC(F)(F)C2)n1. The molecule has 3 nitrogen and oxygen atoms in total. The first-order valence-electron chi connectivity index (χ1n) is 5.84. The summed E-state index contributed by atoms with van der Waals surface area (Å²) in [5.74, 6) is -1.64. The van der Waals surface area contributed by atoms with Crippen LogP contribution >= 0.6 is 11.5 Å². The summed E-state index contributed by atoms with van der Waals surface area (Å²) in [4.78, 5) is 4.19. The summed E-state index contributed by atoms with van der Waals surface area (Å²) in [6, 6.07) is 0. The van der Waals surface area contributed by atoms with E-state index in [1.807, 2.05) is 13.8 Å². The lowest BCUT2D eigenvalue weighted by Crippen LogP contribution is -2.32. The van der Waals surface area contributed by atoms with Gasteiger partial charge in [-0.25, -0.2) is 8.78 Å². The third-order valence-electron chi connectivity index (χ3n) is 2.80. The molecule has 0 N–H and O–H groups in total. The molecule has 96 valence electrons. The van der Waals surface area contributed by atoms with Crippen molar-refractivity contribution in [2.45, 2.75) is 57.5 Å². The fraction of sp³-hybridized carbons (Fsp3) is 0.818. The molecule has 0 spiro atoms. The van der Waals surface area contributed by atoms with Crippen LogP contribution in [0.3, 0.4) is 0 Å². The molecule has 0 radical (unpaired) electrons. The van der Waals surface area contributed by atoms with E-state index in [-0.39, 0.29) is 18.8 Å². The molecule has 0 aliphatic heterocycles. The molecular weight excluding hydrogens is 246 g/mol. The number of nitrogens with zero attached hydrogens (tertiary/aromatic N) is 2. The second-order valence-electron chi connectivity index (χ2n) is 4.77. The van der Waals surface area contributed by atoms with E-state index < -0.39 is 12.0 Å². The monoisotopic (exact) mass is 262 g/mol. The Hall–Kier alpha value is -0.780. The normalized spacial score (nSPS) is 23.9. The Labute approximate surface area is 103 Å². The summed E-state index contributed by atoms with van der Waals surface area (Å²) in [5.41, 5.74) is 0. The van der Waals surface area contributed by atoms with E-state index in [2.05, 4.69) is 9.36 Å². The predicted molar refractivity (Wildman–Crippen MR) is 61.8 cm³/mol. The average molecular weight is 262 g/mol. The minimum atomic E-state index is -2.59. The van der Waals surface area contributed by atoms with Crippen molar-refractivity contribution in [3.8, 4) is 5.19 Å². The quantitative estimate of drug-likeness (QED) is 0.834. The Morgan fingerprint density at radius 3 is 2.82 bits per heavy atom. The van der Waals surface area contributed by atoms with Crippen molar-refractivity contribution in [1.82, 2.24) is 9.36 Å². The third kappa shape index (κ3) is 3.34. The van der Waals surface area contributed by atoms with Gasteiger partial charge in [-0.1, -0.05) is 13.8 Å². The molecule has 0 bridgehead atoms. The van der Waals surface area contributed by atoms with Gasteiger partial charge in [0.1, 0.15) is 11.9 Å². The van der Waals surface area contributed by atoms with E-state index in [1.165, 1.54) is 0 Å². The van der Waals surface area contributed by atoms with Gasteiger partial charge in [-0.15, -0.1) is 0 Å². The first-order chi connectivity index (χ1) is 7.96. The number of alkyl halides is 2. The Kier molecular flexibility index (Phi) is 3.61. The van der Waals surface area contributed by atoms with Crippen LogP contribution in [0.5, 0.6) is 5.19 Å². The molecule has 6 heteroatoms. The molecule has 0 unspecified atom stereocenters. The van der Waals surface area contributed by atoms with Gasteiger partial charge < -0.3 is 4.74 Å². The minimum Gasteiger partial charge on any atom is -0.465 e. The van der Waals surface area contributed by atoms with Crippen LogP contribution in [-0.4, -0.2) is 21.4 Å². The Balaban J connectivity index is 1.95. The molecule has 1 aromatic heterocycles. The first-order valence-corrected chi connectivity index (χ1v) is 6.62. The number of halogens is 2. The summed E-state index contributed by atoms with van der Waals surface area (Å²) in [6.07, 6.45) is 0.524. The van der Waals surface area contributed by atoms with Crippen LogP contribution in [0.1, 0.15) is 51.3 Å². The average Bonchev–Trinajstić information content (AvgIpc) is 2.64. The van der Waals surface area contributed by atoms with Gasteiger partial charge in [0.15, 0.2) is 0 Å². The smallest absolute Gasteiger partial charge is 0.293 e.